The Hall–Kier alpha value is -1.39. The van der Waals surface area contributed by atoms with Crippen molar-refractivity contribution in [2.24, 2.45) is 5.92 Å². The Balaban J connectivity index is 2.26. The van der Waals surface area contributed by atoms with Crippen molar-refractivity contribution in [3.8, 4) is 0 Å². The summed E-state index contributed by atoms with van der Waals surface area (Å²) in [6.45, 7) is 0. The molecule has 0 spiro atoms. The Bertz CT molecular complexity index is 260. The first-order chi connectivity index (χ1) is 7.15. The zero-order valence-electron chi connectivity index (χ0n) is 8.77. The standard InChI is InChI=1S/C10H15NO4/c1-11(9(13)6-3-7-12)15-10(14)8-4-2-5-8/h7-8H,2-6H2,1H3. The molecule has 0 atom stereocenters. The molecule has 0 aromatic heterocycles. The normalized spacial score (nSPS) is 15.3. The van der Waals surface area contributed by atoms with E-state index in [1.807, 2.05) is 0 Å². The lowest BCUT2D eigenvalue weighted by molar-refractivity contribution is -0.198. The van der Waals surface area contributed by atoms with Crippen LogP contribution in [-0.4, -0.2) is 30.3 Å². The van der Waals surface area contributed by atoms with Gasteiger partial charge in [-0.2, -0.15) is 5.06 Å². The van der Waals surface area contributed by atoms with Crippen molar-refractivity contribution >= 4 is 18.2 Å². The van der Waals surface area contributed by atoms with Crippen LogP contribution >= 0.6 is 0 Å². The minimum absolute atomic E-state index is 0.0497. The number of carbonyl (C=O) groups excluding carboxylic acids is 3. The largest absolute Gasteiger partial charge is 0.338 e. The van der Waals surface area contributed by atoms with Crippen molar-refractivity contribution in [1.29, 1.82) is 0 Å². The fourth-order valence-electron chi connectivity index (χ4n) is 1.24. The van der Waals surface area contributed by atoms with Gasteiger partial charge in [0.1, 0.15) is 6.29 Å². The average Bonchev–Trinajstić information content (AvgIpc) is 2.10. The van der Waals surface area contributed by atoms with Crippen molar-refractivity contribution < 1.29 is 19.2 Å². The maximum atomic E-state index is 11.3. The van der Waals surface area contributed by atoms with Gasteiger partial charge in [-0.05, 0) is 12.8 Å². The van der Waals surface area contributed by atoms with Crippen LogP contribution in [0.15, 0.2) is 0 Å². The van der Waals surface area contributed by atoms with E-state index in [4.69, 9.17) is 4.84 Å². The van der Waals surface area contributed by atoms with Crippen molar-refractivity contribution in [3.63, 3.8) is 0 Å². The monoisotopic (exact) mass is 213 g/mol. The van der Waals surface area contributed by atoms with E-state index in [9.17, 15) is 14.4 Å². The van der Waals surface area contributed by atoms with Gasteiger partial charge in [0.15, 0.2) is 0 Å². The molecule has 1 rings (SSSR count). The van der Waals surface area contributed by atoms with Crippen LogP contribution in [0.4, 0.5) is 0 Å². The fourth-order valence-corrected chi connectivity index (χ4v) is 1.24. The van der Waals surface area contributed by atoms with Crippen molar-refractivity contribution in [2.75, 3.05) is 7.05 Å². The van der Waals surface area contributed by atoms with Gasteiger partial charge in [-0.15, -0.1) is 0 Å². The highest BCUT2D eigenvalue weighted by Crippen LogP contribution is 2.27. The molecular weight excluding hydrogens is 198 g/mol. The third-order valence-electron chi connectivity index (χ3n) is 2.49. The maximum absolute atomic E-state index is 11.3. The maximum Gasteiger partial charge on any atom is 0.335 e. The van der Waals surface area contributed by atoms with E-state index < -0.39 is 0 Å². The molecular formula is C10H15NO4. The molecule has 0 saturated heterocycles. The molecule has 0 N–H and O–H groups in total. The van der Waals surface area contributed by atoms with Crippen LogP contribution in [0.1, 0.15) is 32.1 Å². The Morgan fingerprint density at radius 1 is 1.47 bits per heavy atom. The Morgan fingerprint density at radius 3 is 2.60 bits per heavy atom. The van der Waals surface area contributed by atoms with Crippen LogP contribution in [0.3, 0.4) is 0 Å². The lowest BCUT2D eigenvalue weighted by Crippen LogP contribution is -2.34. The van der Waals surface area contributed by atoms with Crippen LogP contribution in [0.5, 0.6) is 0 Å². The van der Waals surface area contributed by atoms with Crippen LogP contribution in [0.25, 0.3) is 0 Å². The van der Waals surface area contributed by atoms with Crippen molar-refractivity contribution in [2.45, 2.75) is 32.1 Å². The van der Waals surface area contributed by atoms with Gasteiger partial charge in [-0.25, -0.2) is 4.79 Å². The molecule has 5 heteroatoms. The number of hydrogen-bond acceptors (Lipinski definition) is 4. The van der Waals surface area contributed by atoms with Gasteiger partial charge in [0.2, 0.25) is 0 Å². The van der Waals surface area contributed by atoms with E-state index in [1.165, 1.54) is 7.05 Å². The lowest BCUT2D eigenvalue weighted by atomic mass is 9.86. The van der Waals surface area contributed by atoms with E-state index in [0.717, 1.165) is 24.3 Å². The molecule has 15 heavy (non-hydrogen) atoms. The van der Waals surface area contributed by atoms with Gasteiger partial charge in [0, 0.05) is 19.9 Å². The SMILES string of the molecule is CN(OC(=O)C1CCC1)C(=O)CCC=O. The van der Waals surface area contributed by atoms with Crippen molar-refractivity contribution in [3.05, 3.63) is 0 Å². The van der Waals surface area contributed by atoms with Crippen LogP contribution in [-0.2, 0) is 19.2 Å². The molecule has 1 amide bonds. The first-order valence-electron chi connectivity index (χ1n) is 5.07. The molecule has 1 aliphatic carbocycles. The highest BCUT2D eigenvalue weighted by molar-refractivity contribution is 5.80. The van der Waals surface area contributed by atoms with Gasteiger partial charge in [-0.3, -0.25) is 4.79 Å². The number of rotatable bonds is 4. The van der Waals surface area contributed by atoms with Gasteiger partial charge >= 0.3 is 5.97 Å². The first kappa shape index (κ1) is 11.7. The lowest BCUT2D eigenvalue weighted by Gasteiger charge is -2.25. The fraction of sp³-hybridized carbons (Fsp3) is 0.700. The summed E-state index contributed by atoms with van der Waals surface area (Å²) >= 11 is 0. The highest BCUT2D eigenvalue weighted by Gasteiger charge is 2.28. The molecule has 0 bridgehead atoms. The Morgan fingerprint density at radius 2 is 2.13 bits per heavy atom. The van der Waals surface area contributed by atoms with Gasteiger partial charge in [0.25, 0.3) is 5.91 Å². The van der Waals surface area contributed by atoms with E-state index >= 15 is 0 Å². The summed E-state index contributed by atoms with van der Waals surface area (Å²) in [5, 5.41) is 0.921. The van der Waals surface area contributed by atoms with Crippen LogP contribution < -0.4 is 0 Å². The molecule has 0 aliphatic heterocycles. The summed E-state index contributed by atoms with van der Waals surface area (Å²) < 4.78 is 0. The summed E-state index contributed by atoms with van der Waals surface area (Å²) in [5.41, 5.74) is 0. The second-order valence-corrected chi connectivity index (χ2v) is 3.63. The van der Waals surface area contributed by atoms with Gasteiger partial charge in [0.05, 0.1) is 5.92 Å². The van der Waals surface area contributed by atoms with E-state index in [2.05, 4.69) is 0 Å². The second-order valence-electron chi connectivity index (χ2n) is 3.63. The predicted molar refractivity (Wildman–Crippen MR) is 51.5 cm³/mol. The summed E-state index contributed by atoms with van der Waals surface area (Å²) in [4.78, 5) is 37.5. The Kier molecular flexibility index (Phi) is 4.27. The number of carbonyl (C=O) groups is 3. The molecule has 0 unspecified atom stereocenters. The van der Waals surface area contributed by atoms with E-state index in [-0.39, 0.29) is 30.6 Å². The summed E-state index contributed by atoms with van der Waals surface area (Å²) in [6, 6.07) is 0. The third kappa shape index (κ3) is 3.34. The summed E-state index contributed by atoms with van der Waals surface area (Å²) in [5.74, 6) is -0.746. The molecule has 1 aliphatic rings. The van der Waals surface area contributed by atoms with Crippen LogP contribution in [0.2, 0.25) is 0 Å². The van der Waals surface area contributed by atoms with Crippen LogP contribution in [0, 0.1) is 5.92 Å². The predicted octanol–water partition coefficient (Wildman–Crippen LogP) is 0.682. The quantitative estimate of drug-likeness (QED) is 0.509. The molecule has 1 fully saturated rings. The first-order valence-corrected chi connectivity index (χ1v) is 5.07. The van der Waals surface area contributed by atoms with E-state index in [1.54, 1.807) is 0 Å². The molecule has 1 saturated carbocycles. The zero-order chi connectivity index (χ0) is 11.3. The molecule has 0 aromatic carbocycles. The zero-order valence-corrected chi connectivity index (χ0v) is 8.77. The second kappa shape index (κ2) is 5.48. The minimum Gasteiger partial charge on any atom is -0.338 e. The molecule has 0 heterocycles. The minimum atomic E-state index is -0.352. The topological polar surface area (TPSA) is 63.7 Å². The third-order valence-corrected chi connectivity index (χ3v) is 2.49. The number of hydrogen-bond donors (Lipinski definition) is 0. The molecule has 84 valence electrons. The Labute approximate surface area is 88.3 Å². The number of nitrogens with zero attached hydrogens (tertiary/aromatic N) is 1. The van der Waals surface area contributed by atoms with Crippen molar-refractivity contribution in [1.82, 2.24) is 5.06 Å². The van der Waals surface area contributed by atoms with Gasteiger partial charge in [-0.1, -0.05) is 6.42 Å². The smallest absolute Gasteiger partial charge is 0.335 e. The summed E-state index contributed by atoms with van der Waals surface area (Å²) in [6.07, 6.45) is 3.63. The molecule has 0 aromatic rings. The highest BCUT2D eigenvalue weighted by atomic mass is 16.7. The van der Waals surface area contributed by atoms with Gasteiger partial charge < -0.3 is 9.63 Å². The molecule has 0 radical (unpaired) electrons. The number of aldehydes is 1. The van der Waals surface area contributed by atoms with E-state index in [0.29, 0.717) is 6.29 Å². The number of hydroxylamine groups is 2. The molecule has 5 nitrogen and oxygen atoms in total. The summed E-state index contributed by atoms with van der Waals surface area (Å²) in [7, 11) is 1.39. The number of amides is 1. The average molecular weight is 213 g/mol.